The molecular formula is C22H14O8. The Kier molecular flexibility index (Phi) is 5.88. The number of para-hydroxylation sites is 2. The molecule has 0 aliphatic carbocycles. The highest BCUT2D eigenvalue weighted by molar-refractivity contribution is 5.95. The van der Waals surface area contributed by atoms with Crippen molar-refractivity contribution in [3.05, 3.63) is 95.1 Å². The van der Waals surface area contributed by atoms with Gasteiger partial charge in [0.1, 0.15) is 0 Å². The molecule has 0 fully saturated rings. The van der Waals surface area contributed by atoms with Crippen molar-refractivity contribution in [2.75, 3.05) is 0 Å². The van der Waals surface area contributed by atoms with Gasteiger partial charge in [-0.25, -0.2) is 19.2 Å². The van der Waals surface area contributed by atoms with Crippen LogP contribution < -0.4 is 9.47 Å². The molecular weight excluding hydrogens is 392 g/mol. The van der Waals surface area contributed by atoms with Crippen LogP contribution in [0.1, 0.15) is 41.4 Å². The first-order chi connectivity index (χ1) is 14.3. The Balaban J connectivity index is 1.75. The smallest absolute Gasteiger partial charge is 0.343 e. The van der Waals surface area contributed by atoms with Crippen LogP contribution in [0.4, 0.5) is 0 Å². The number of hydrogen-bond acceptors (Lipinski definition) is 6. The molecule has 8 nitrogen and oxygen atoms in total. The molecule has 0 heterocycles. The Morgan fingerprint density at radius 1 is 0.500 bits per heavy atom. The molecule has 0 aromatic heterocycles. The fourth-order valence-corrected chi connectivity index (χ4v) is 2.43. The van der Waals surface area contributed by atoms with Crippen LogP contribution in [-0.4, -0.2) is 34.1 Å². The Labute approximate surface area is 169 Å². The first-order valence-electron chi connectivity index (χ1n) is 8.55. The van der Waals surface area contributed by atoms with Crippen molar-refractivity contribution < 1.29 is 38.9 Å². The number of benzene rings is 3. The van der Waals surface area contributed by atoms with Crippen LogP contribution in [0.5, 0.6) is 11.5 Å². The standard InChI is InChI=1S/C22H14O8/c23-19(24)13-5-9-15(10-6-13)21(27)29-17-3-1-2-4-18(17)30-22(28)16-11-7-14(8-12-16)20(25)26/h1-12H,(H,23,24)(H,25,26). The summed E-state index contributed by atoms with van der Waals surface area (Å²) < 4.78 is 10.6. The molecule has 0 radical (unpaired) electrons. The summed E-state index contributed by atoms with van der Waals surface area (Å²) in [6, 6.07) is 16.3. The molecule has 3 rings (SSSR count). The summed E-state index contributed by atoms with van der Waals surface area (Å²) in [6.45, 7) is 0. The van der Waals surface area contributed by atoms with E-state index in [-0.39, 0.29) is 33.8 Å². The summed E-state index contributed by atoms with van der Waals surface area (Å²) in [5.41, 5.74) is 0.278. The minimum Gasteiger partial charge on any atom is -0.478 e. The molecule has 3 aromatic carbocycles. The average molecular weight is 406 g/mol. The van der Waals surface area contributed by atoms with E-state index in [0.717, 1.165) is 0 Å². The first kappa shape index (κ1) is 20.3. The van der Waals surface area contributed by atoms with Gasteiger partial charge < -0.3 is 19.7 Å². The summed E-state index contributed by atoms with van der Waals surface area (Å²) in [6.07, 6.45) is 0. The molecule has 0 aliphatic rings. The van der Waals surface area contributed by atoms with Crippen molar-refractivity contribution >= 4 is 23.9 Å². The maximum atomic E-state index is 12.3. The summed E-state index contributed by atoms with van der Waals surface area (Å²) in [7, 11) is 0. The topological polar surface area (TPSA) is 127 Å². The van der Waals surface area contributed by atoms with Crippen molar-refractivity contribution in [1.29, 1.82) is 0 Å². The zero-order chi connectivity index (χ0) is 21.7. The molecule has 0 saturated carbocycles. The van der Waals surface area contributed by atoms with Gasteiger partial charge in [0, 0.05) is 0 Å². The molecule has 0 saturated heterocycles. The minimum absolute atomic E-state index is 0.0136. The van der Waals surface area contributed by atoms with E-state index in [1.165, 1.54) is 60.7 Å². The zero-order valence-corrected chi connectivity index (χ0v) is 15.3. The van der Waals surface area contributed by atoms with Crippen LogP contribution in [0.3, 0.4) is 0 Å². The SMILES string of the molecule is O=C(O)c1ccc(C(=O)Oc2ccccc2OC(=O)c2ccc(C(=O)O)cc2)cc1. The van der Waals surface area contributed by atoms with Crippen LogP contribution in [-0.2, 0) is 0 Å². The quantitative estimate of drug-likeness (QED) is 0.470. The molecule has 0 aliphatic heterocycles. The third kappa shape index (κ3) is 4.68. The summed E-state index contributed by atoms with van der Waals surface area (Å²) in [5, 5.41) is 17.8. The van der Waals surface area contributed by atoms with E-state index in [0.29, 0.717) is 0 Å². The maximum Gasteiger partial charge on any atom is 0.343 e. The third-order valence-corrected chi connectivity index (χ3v) is 3.99. The molecule has 3 aromatic rings. The van der Waals surface area contributed by atoms with Gasteiger partial charge in [-0.3, -0.25) is 0 Å². The number of aromatic carboxylic acids is 2. The predicted molar refractivity (Wildman–Crippen MR) is 103 cm³/mol. The highest BCUT2D eigenvalue weighted by atomic mass is 16.6. The van der Waals surface area contributed by atoms with E-state index < -0.39 is 23.9 Å². The molecule has 0 spiro atoms. The Hall–Kier alpha value is -4.46. The molecule has 8 heteroatoms. The van der Waals surface area contributed by atoms with Gasteiger partial charge in [0.2, 0.25) is 0 Å². The van der Waals surface area contributed by atoms with E-state index in [1.807, 2.05) is 0 Å². The fourth-order valence-electron chi connectivity index (χ4n) is 2.43. The number of esters is 2. The Morgan fingerprint density at radius 3 is 1.10 bits per heavy atom. The maximum absolute atomic E-state index is 12.3. The summed E-state index contributed by atoms with van der Waals surface area (Å²) in [5.74, 6) is -3.80. The van der Waals surface area contributed by atoms with E-state index in [4.69, 9.17) is 19.7 Å². The molecule has 0 unspecified atom stereocenters. The summed E-state index contributed by atoms with van der Waals surface area (Å²) >= 11 is 0. The van der Waals surface area contributed by atoms with Crippen LogP contribution in [0.2, 0.25) is 0 Å². The minimum atomic E-state index is -1.12. The first-order valence-corrected chi connectivity index (χ1v) is 8.55. The van der Waals surface area contributed by atoms with Crippen molar-refractivity contribution in [2.24, 2.45) is 0 Å². The largest absolute Gasteiger partial charge is 0.478 e. The molecule has 0 atom stereocenters. The fraction of sp³-hybridized carbons (Fsp3) is 0. The zero-order valence-electron chi connectivity index (χ0n) is 15.3. The number of ether oxygens (including phenoxy) is 2. The molecule has 150 valence electrons. The molecule has 2 N–H and O–H groups in total. The number of rotatable bonds is 6. The number of carboxylic acids is 2. The van der Waals surface area contributed by atoms with E-state index >= 15 is 0 Å². The monoisotopic (exact) mass is 406 g/mol. The Morgan fingerprint density at radius 2 is 0.800 bits per heavy atom. The molecule has 0 bridgehead atoms. The Bertz CT molecular complexity index is 1020. The van der Waals surface area contributed by atoms with Gasteiger partial charge in [-0.05, 0) is 60.7 Å². The normalized spacial score (nSPS) is 10.1. The van der Waals surface area contributed by atoms with Gasteiger partial charge in [0.25, 0.3) is 0 Å². The molecule has 0 amide bonds. The van der Waals surface area contributed by atoms with Crippen LogP contribution >= 0.6 is 0 Å². The van der Waals surface area contributed by atoms with Gasteiger partial charge in [-0.2, -0.15) is 0 Å². The van der Waals surface area contributed by atoms with Crippen molar-refractivity contribution in [3.8, 4) is 11.5 Å². The van der Waals surface area contributed by atoms with E-state index in [1.54, 1.807) is 12.1 Å². The number of carboxylic acid groups (broad SMARTS) is 2. The lowest BCUT2D eigenvalue weighted by Gasteiger charge is -2.10. The number of carbonyl (C=O) groups is 4. The second kappa shape index (κ2) is 8.70. The van der Waals surface area contributed by atoms with Gasteiger partial charge in [0.05, 0.1) is 22.3 Å². The van der Waals surface area contributed by atoms with Gasteiger partial charge in [-0.1, -0.05) is 12.1 Å². The second-order valence-electron chi connectivity index (χ2n) is 5.99. The van der Waals surface area contributed by atoms with Gasteiger partial charge >= 0.3 is 23.9 Å². The number of hydrogen-bond donors (Lipinski definition) is 2. The number of carbonyl (C=O) groups excluding carboxylic acids is 2. The lowest BCUT2D eigenvalue weighted by atomic mass is 10.1. The van der Waals surface area contributed by atoms with Crippen LogP contribution in [0.25, 0.3) is 0 Å². The van der Waals surface area contributed by atoms with E-state index in [2.05, 4.69) is 0 Å². The van der Waals surface area contributed by atoms with Crippen molar-refractivity contribution in [2.45, 2.75) is 0 Å². The second-order valence-corrected chi connectivity index (χ2v) is 5.99. The predicted octanol–water partition coefficient (Wildman–Crippen LogP) is 3.52. The van der Waals surface area contributed by atoms with Gasteiger partial charge in [-0.15, -0.1) is 0 Å². The third-order valence-electron chi connectivity index (χ3n) is 3.99. The van der Waals surface area contributed by atoms with Crippen LogP contribution in [0.15, 0.2) is 72.8 Å². The lowest BCUT2D eigenvalue weighted by molar-refractivity contribution is 0.0679. The molecule has 30 heavy (non-hydrogen) atoms. The van der Waals surface area contributed by atoms with Crippen molar-refractivity contribution in [1.82, 2.24) is 0 Å². The lowest BCUT2D eigenvalue weighted by Crippen LogP contribution is -2.13. The van der Waals surface area contributed by atoms with E-state index in [9.17, 15) is 19.2 Å². The average Bonchev–Trinajstić information content (AvgIpc) is 2.75. The highest BCUT2D eigenvalue weighted by Crippen LogP contribution is 2.28. The van der Waals surface area contributed by atoms with Crippen molar-refractivity contribution in [3.63, 3.8) is 0 Å². The van der Waals surface area contributed by atoms with Gasteiger partial charge in [0.15, 0.2) is 11.5 Å². The highest BCUT2D eigenvalue weighted by Gasteiger charge is 2.17. The van der Waals surface area contributed by atoms with Crippen LogP contribution in [0, 0.1) is 0 Å². The summed E-state index contributed by atoms with van der Waals surface area (Å²) in [4.78, 5) is 46.5.